The minimum atomic E-state index is -1.30. The molecule has 2 aromatic carbocycles. The van der Waals surface area contributed by atoms with Crippen LogP contribution in [-0.2, 0) is 9.59 Å². The smallest absolute Gasteiger partial charge is 0.239 e. The number of carbonyl (C=O) groups is 2. The molecule has 0 radical (unpaired) electrons. The van der Waals surface area contributed by atoms with Crippen LogP contribution in [-0.4, -0.2) is 26.0 Å². The largest absolute Gasteiger partial charge is 0.497 e. The van der Waals surface area contributed by atoms with Crippen LogP contribution in [0.4, 0.5) is 11.4 Å². The number of benzene rings is 2. The Morgan fingerprint density at radius 1 is 0.893 bits per heavy atom. The summed E-state index contributed by atoms with van der Waals surface area (Å²) < 4.78 is 10.5. The molecule has 0 atom stereocenters. The van der Waals surface area contributed by atoms with Crippen LogP contribution in [0.15, 0.2) is 42.5 Å². The van der Waals surface area contributed by atoms with Gasteiger partial charge in [0.15, 0.2) is 0 Å². The first kappa shape index (κ1) is 21.3. The first-order chi connectivity index (χ1) is 13.2. The van der Waals surface area contributed by atoms with Gasteiger partial charge in [-0.25, -0.2) is 0 Å². The van der Waals surface area contributed by atoms with Crippen LogP contribution in [0.1, 0.15) is 39.2 Å². The molecule has 2 amide bonds. The van der Waals surface area contributed by atoms with Crippen molar-refractivity contribution >= 4 is 23.2 Å². The number of nitrogens with one attached hydrogen (secondary N) is 2. The van der Waals surface area contributed by atoms with Gasteiger partial charge in [0.1, 0.15) is 16.9 Å². The van der Waals surface area contributed by atoms with E-state index in [0.717, 1.165) is 0 Å². The number of rotatable bonds is 7. The third kappa shape index (κ3) is 4.82. The lowest BCUT2D eigenvalue weighted by Gasteiger charge is -2.23. The Balaban J connectivity index is 2.14. The molecule has 0 fully saturated rings. The van der Waals surface area contributed by atoms with Gasteiger partial charge in [-0.15, -0.1) is 0 Å². The van der Waals surface area contributed by atoms with Crippen molar-refractivity contribution in [3.05, 3.63) is 48.0 Å². The van der Waals surface area contributed by atoms with E-state index in [1.54, 1.807) is 32.0 Å². The second kappa shape index (κ2) is 8.78. The lowest BCUT2D eigenvalue weighted by atomic mass is 9.90. The Labute approximate surface area is 166 Å². The Morgan fingerprint density at radius 3 is 2.04 bits per heavy atom. The van der Waals surface area contributed by atoms with Crippen LogP contribution >= 0.6 is 0 Å². The first-order valence-electron chi connectivity index (χ1n) is 9.14. The fourth-order valence-electron chi connectivity index (χ4n) is 2.53. The normalized spacial score (nSPS) is 11.1. The van der Waals surface area contributed by atoms with Crippen LogP contribution < -0.4 is 20.1 Å². The summed E-state index contributed by atoms with van der Waals surface area (Å²) >= 11 is 0. The molecule has 2 aromatic rings. The van der Waals surface area contributed by atoms with E-state index < -0.39 is 17.2 Å². The van der Waals surface area contributed by atoms with E-state index in [-0.39, 0.29) is 0 Å². The summed E-state index contributed by atoms with van der Waals surface area (Å²) in [5.74, 6) is 0.613. The van der Waals surface area contributed by atoms with Gasteiger partial charge in [0.25, 0.3) is 0 Å². The van der Waals surface area contributed by atoms with E-state index in [1.807, 2.05) is 24.3 Å². The van der Waals surface area contributed by atoms with Crippen molar-refractivity contribution in [1.82, 2.24) is 0 Å². The van der Waals surface area contributed by atoms with Crippen LogP contribution in [0.5, 0.6) is 11.5 Å². The monoisotopic (exact) mass is 384 g/mol. The number of ether oxygens (including phenoxy) is 2. The molecule has 2 rings (SSSR count). The fraction of sp³-hybridized carbons (Fsp3) is 0.364. The van der Waals surface area contributed by atoms with Crippen molar-refractivity contribution in [2.75, 3.05) is 24.9 Å². The van der Waals surface area contributed by atoms with Gasteiger partial charge < -0.3 is 20.1 Å². The molecule has 0 aliphatic heterocycles. The Kier molecular flexibility index (Phi) is 6.67. The molecule has 0 aromatic heterocycles. The maximum atomic E-state index is 12.8. The van der Waals surface area contributed by atoms with Crippen LogP contribution in [0.2, 0.25) is 0 Å². The third-order valence-corrected chi connectivity index (χ3v) is 4.63. The van der Waals surface area contributed by atoms with Gasteiger partial charge in [-0.3, -0.25) is 9.59 Å². The zero-order chi connectivity index (χ0) is 20.9. The Bertz CT molecular complexity index is 842. The fourth-order valence-corrected chi connectivity index (χ4v) is 2.53. The molecule has 0 saturated heterocycles. The highest BCUT2D eigenvalue weighted by molar-refractivity contribution is 6.14. The van der Waals surface area contributed by atoms with Crippen molar-refractivity contribution in [1.29, 1.82) is 0 Å². The molecule has 6 nitrogen and oxygen atoms in total. The quantitative estimate of drug-likeness (QED) is 0.693. The number of hydrogen-bond acceptors (Lipinski definition) is 4. The molecule has 0 spiro atoms. The van der Waals surface area contributed by atoms with E-state index in [0.29, 0.717) is 28.8 Å². The van der Waals surface area contributed by atoms with E-state index in [4.69, 9.17) is 9.47 Å². The topological polar surface area (TPSA) is 76.7 Å². The van der Waals surface area contributed by atoms with E-state index in [9.17, 15) is 9.59 Å². The summed E-state index contributed by atoms with van der Waals surface area (Å²) in [6.45, 7) is 7.36. The Hall–Kier alpha value is -3.02. The first-order valence-corrected chi connectivity index (χ1v) is 9.14. The van der Waals surface area contributed by atoms with Crippen molar-refractivity contribution in [2.24, 2.45) is 5.41 Å². The highest BCUT2D eigenvalue weighted by atomic mass is 16.5. The standard InChI is InChI=1S/C22H28N2O4/c1-14(2)15-7-9-16(10-8-15)23-20(25)22(3,4)21(26)24-18-13-17(27-5)11-12-19(18)28-6/h7-14H,1-6H3,(H,23,25)(H,24,26). The summed E-state index contributed by atoms with van der Waals surface area (Å²) in [5, 5.41) is 5.57. The minimum Gasteiger partial charge on any atom is -0.497 e. The predicted molar refractivity (Wildman–Crippen MR) is 111 cm³/mol. The highest BCUT2D eigenvalue weighted by Crippen LogP contribution is 2.31. The van der Waals surface area contributed by atoms with Gasteiger partial charge >= 0.3 is 0 Å². The van der Waals surface area contributed by atoms with Gasteiger partial charge in [-0.1, -0.05) is 26.0 Å². The molecule has 28 heavy (non-hydrogen) atoms. The lowest BCUT2D eigenvalue weighted by Crippen LogP contribution is -2.41. The van der Waals surface area contributed by atoms with Crippen molar-refractivity contribution < 1.29 is 19.1 Å². The number of methoxy groups -OCH3 is 2. The second-order valence-corrected chi connectivity index (χ2v) is 7.38. The van der Waals surface area contributed by atoms with Gasteiger partial charge in [0.2, 0.25) is 11.8 Å². The number of anilines is 2. The van der Waals surface area contributed by atoms with Gasteiger partial charge in [-0.2, -0.15) is 0 Å². The van der Waals surface area contributed by atoms with Crippen molar-refractivity contribution in [3.8, 4) is 11.5 Å². The second-order valence-electron chi connectivity index (χ2n) is 7.38. The summed E-state index contributed by atoms with van der Waals surface area (Å²) in [6, 6.07) is 12.7. The van der Waals surface area contributed by atoms with E-state index >= 15 is 0 Å². The van der Waals surface area contributed by atoms with Gasteiger partial charge in [0, 0.05) is 11.8 Å². The molecule has 150 valence electrons. The molecule has 0 aliphatic carbocycles. The average Bonchev–Trinajstić information content (AvgIpc) is 2.68. The van der Waals surface area contributed by atoms with Gasteiger partial charge in [0.05, 0.1) is 19.9 Å². The zero-order valence-electron chi connectivity index (χ0n) is 17.3. The lowest BCUT2D eigenvalue weighted by molar-refractivity contribution is -0.135. The summed E-state index contributed by atoms with van der Waals surface area (Å²) in [5.41, 5.74) is 0.966. The van der Waals surface area contributed by atoms with Crippen molar-refractivity contribution in [2.45, 2.75) is 33.6 Å². The third-order valence-electron chi connectivity index (χ3n) is 4.63. The molecule has 0 unspecified atom stereocenters. The predicted octanol–water partition coefficient (Wildman–Crippen LogP) is 4.43. The molecule has 0 aliphatic rings. The summed E-state index contributed by atoms with van der Waals surface area (Å²) in [4.78, 5) is 25.5. The van der Waals surface area contributed by atoms with E-state index in [2.05, 4.69) is 24.5 Å². The number of hydrogen-bond donors (Lipinski definition) is 2. The maximum Gasteiger partial charge on any atom is 0.239 e. The molecule has 2 N–H and O–H groups in total. The van der Waals surface area contributed by atoms with Gasteiger partial charge in [-0.05, 0) is 49.6 Å². The maximum absolute atomic E-state index is 12.8. The van der Waals surface area contributed by atoms with Crippen LogP contribution in [0, 0.1) is 5.41 Å². The molecule has 0 bridgehead atoms. The number of carbonyl (C=O) groups excluding carboxylic acids is 2. The van der Waals surface area contributed by atoms with Crippen LogP contribution in [0.25, 0.3) is 0 Å². The molecule has 6 heteroatoms. The summed E-state index contributed by atoms with van der Waals surface area (Å²) in [7, 11) is 3.05. The molecule has 0 heterocycles. The SMILES string of the molecule is COc1ccc(OC)c(NC(=O)C(C)(C)C(=O)Nc2ccc(C(C)C)cc2)c1. The minimum absolute atomic E-state index is 0.399. The Morgan fingerprint density at radius 2 is 1.50 bits per heavy atom. The summed E-state index contributed by atoms with van der Waals surface area (Å²) in [6.07, 6.45) is 0. The van der Waals surface area contributed by atoms with Crippen molar-refractivity contribution in [3.63, 3.8) is 0 Å². The average molecular weight is 384 g/mol. The zero-order valence-corrected chi connectivity index (χ0v) is 17.3. The molecular weight excluding hydrogens is 356 g/mol. The highest BCUT2D eigenvalue weighted by Gasteiger charge is 2.36. The van der Waals surface area contributed by atoms with Crippen LogP contribution in [0.3, 0.4) is 0 Å². The number of amides is 2. The molecule has 0 saturated carbocycles. The molecular formula is C22H28N2O4. The van der Waals surface area contributed by atoms with E-state index in [1.165, 1.54) is 19.8 Å².